The lowest BCUT2D eigenvalue weighted by molar-refractivity contribution is 0.161. The monoisotopic (exact) mass is 460 g/mol. The van der Waals surface area contributed by atoms with Crippen LogP contribution in [0.3, 0.4) is 0 Å². The van der Waals surface area contributed by atoms with Gasteiger partial charge < -0.3 is 9.16 Å². The molecule has 0 saturated carbocycles. The molecule has 0 aliphatic heterocycles. The van der Waals surface area contributed by atoms with Crippen molar-refractivity contribution in [3.63, 3.8) is 0 Å². The molecule has 1 aromatic carbocycles. The van der Waals surface area contributed by atoms with Crippen molar-refractivity contribution in [1.29, 1.82) is 0 Å². The summed E-state index contributed by atoms with van der Waals surface area (Å²) in [4.78, 5) is 0. The maximum atomic E-state index is 6.28. The van der Waals surface area contributed by atoms with Crippen LogP contribution in [0.4, 0.5) is 0 Å². The van der Waals surface area contributed by atoms with Crippen molar-refractivity contribution in [2.75, 3.05) is 6.61 Å². The van der Waals surface area contributed by atoms with E-state index in [0.29, 0.717) is 17.8 Å². The SMILES string of the molecule is CC(C)c1cc(C(C)C)c(C(C)O/C=C\CCCCO[Si](C)(C)C(C)(C)C)c(C(C)C)c1. The lowest BCUT2D eigenvalue weighted by Crippen LogP contribution is -2.40. The van der Waals surface area contributed by atoms with E-state index in [9.17, 15) is 0 Å². The lowest BCUT2D eigenvalue weighted by Gasteiger charge is -2.36. The number of unbranched alkanes of at least 4 members (excludes halogenated alkanes) is 2. The second-order valence-corrected chi connectivity index (χ2v) is 16.6. The van der Waals surface area contributed by atoms with Crippen LogP contribution in [0.1, 0.15) is 135 Å². The molecule has 1 rings (SSSR count). The van der Waals surface area contributed by atoms with Crippen LogP contribution in [0.15, 0.2) is 24.5 Å². The molecule has 1 unspecified atom stereocenters. The summed E-state index contributed by atoms with van der Waals surface area (Å²) in [5.41, 5.74) is 5.68. The van der Waals surface area contributed by atoms with Crippen LogP contribution in [0.2, 0.25) is 18.1 Å². The van der Waals surface area contributed by atoms with Gasteiger partial charge in [-0.05, 0) is 90.4 Å². The highest BCUT2D eigenvalue weighted by atomic mass is 28.4. The number of allylic oxidation sites excluding steroid dienone is 1. The predicted octanol–water partition coefficient (Wildman–Crippen LogP) is 9.84. The molecule has 0 spiro atoms. The van der Waals surface area contributed by atoms with Crippen molar-refractivity contribution in [3.8, 4) is 0 Å². The van der Waals surface area contributed by atoms with E-state index >= 15 is 0 Å². The van der Waals surface area contributed by atoms with Gasteiger partial charge in [0.1, 0.15) is 6.10 Å². The van der Waals surface area contributed by atoms with Crippen LogP contribution in [-0.4, -0.2) is 14.9 Å². The molecule has 3 heteroatoms. The van der Waals surface area contributed by atoms with Crippen LogP contribution < -0.4 is 0 Å². The molecule has 32 heavy (non-hydrogen) atoms. The molecule has 0 radical (unpaired) electrons. The van der Waals surface area contributed by atoms with Gasteiger partial charge in [0.25, 0.3) is 0 Å². The highest BCUT2D eigenvalue weighted by Gasteiger charge is 2.36. The Bertz CT molecular complexity index is 694. The average Bonchev–Trinajstić information content (AvgIpc) is 2.67. The minimum absolute atomic E-state index is 0.0594. The van der Waals surface area contributed by atoms with Gasteiger partial charge in [0.15, 0.2) is 8.32 Å². The van der Waals surface area contributed by atoms with Gasteiger partial charge in [0.2, 0.25) is 0 Å². The first-order valence-corrected chi connectivity index (χ1v) is 15.7. The summed E-state index contributed by atoms with van der Waals surface area (Å²) >= 11 is 0. The van der Waals surface area contributed by atoms with Gasteiger partial charge in [-0.3, -0.25) is 0 Å². The highest BCUT2D eigenvalue weighted by Crippen LogP contribution is 2.38. The summed E-state index contributed by atoms with van der Waals surface area (Å²) < 4.78 is 12.5. The van der Waals surface area contributed by atoms with Crippen molar-refractivity contribution in [2.24, 2.45) is 0 Å². The standard InChI is InChI=1S/C29H52O2Si/c1-21(2)25-19-26(22(3)4)28(27(20-25)23(5)6)24(7)30-17-15-13-14-16-18-31-32(11,12)29(8,9)10/h15,17,19-24H,13-14,16,18H2,1-12H3/b17-15-. The normalized spacial score (nSPS) is 14.2. The highest BCUT2D eigenvalue weighted by molar-refractivity contribution is 6.74. The Kier molecular flexibility index (Phi) is 11.2. The molecule has 0 saturated heterocycles. The maximum absolute atomic E-state index is 6.28. The molecule has 0 aliphatic rings. The summed E-state index contributed by atoms with van der Waals surface area (Å²) in [6, 6.07) is 4.81. The van der Waals surface area contributed by atoms with Gasteiger partial charge in [-0.1, -0.05) is 74.4 Å². The van der Waals surface area contributed by atoms with Crippen LogP contribution in [-0.2, 0) is 9.16 Å². The molecular formula is C29H52O2Si. The number of hydrogen-bond donors (Lipinski definition) is 0. The molecule has 0 aromatic heterocycles. The first-order valence-electron chi connectivity index (χ1n) is 12.8. The van der Waals surface area contributed by atoms with E-state index in [1.165, 1.54) is 22.3 Å². The van der Waals surface area contributed by atoms with E-state index in [-0.39, 0.29) is 11.1 Å². The molecule has 0 fully saturated rings. The first kappa shape index (κ1) is 29.0. The van der Waals surface area contributed by atoms with Crippen LogP contribution in [0.5, 0.6) is 0 Å². The van der Waals surface area contributed by atoms with Gasteiger partial charge >= 0.3 is 0 Å². The van der Waals surface area contributed by atoms with Gasteiger partial charge in [0.05, 0.1) is 6.26 Å². The third-order valence-electron chi connectivity index (χ3n) is 7.00. The molecule has 1 atom stereocenters. The Morgan fingerprint density at radius 2 is 1.38 bits per heavy atom. The van der Waals surface area contributed by atoms with Gasteiger partial charge in [-0.15, -0.1) is 0 Å². The zero-order valence-corrected chi connectivity index (χ0v) is 24.3. The third kappa shape index (κ3) is 8.37. The zero-order chi connectivity index (χ0) is 24.7. The second-order valence-electron chi connectivity index (χ2n) is 11.8. The molecule has 2 nitrogen and oxygen atoms in total. The fraction of sp³-hybridized carbons (Fsp3) is 0.724. The molecule has 0 N–H and O–H groups in total. The summed E-state index contributed by atoms with van der Waals surface area (Å²) in [6.07, 6.45) is 7.44. The summed E-state index contributed by atoms with van der Waals surface area (Å²) in [6.45, 7) is 28.3. The fourth-order valence-electron chi connectivity index (χ4n) is 3.70. The Hall–Kier alpha value is -1.06. The Morgan fingerprint density at radius 3 is 1.81 bits per heavy atom. The van der Waals surface area contributed by atoms with Crippen molar-refractivity contribution in [2.45, 2.75) is 130 Å². The number of rotatable bonds is 12. The van der Waals surface area contributed by atoms with Crippen molar-refractivity contribution in [1.82, 2.24) is 0 Å². The molecule has 1 aromatic rings. The molecule has 0 amide bonds. The Morgan fingerprint density at radius 1 is 0.844 bits per heavy atom. The lowest BCUT2D eigenvalue weighted by atomic mass is 9.82. The fourth-order valence-corrected chi connectivity index (χ4v) is 4.79. The van der Waals surface area contributed by atoms with Crippen molar-refractivity contribution in [3.05, 3.63) is 46.7 Å². The summed E-state index contributed by atoms with van der Waals surface area (Å²) in [5.74, 6) is 1.50. The average molecular weight is 461 g/mol. The van der Waals surface area contributed by atoms with Gasteiger partial charge in [0, 0.05) is 6.61 Å². The maximum Gasteiger partial charge on any atom is 0.191 e. The van der Waals surface area contributed by atoms with Gasteiger partial charge in [-0.2, -0.15) is 0 Å². The van der Waals surface area contributed by atoms with E-state index < -0.39 is 8.32 Å². The Balaban J connectivity index is 2.71. The second kappa shape index (κ2) is 12.4. The third-order valence-corrected chi connectivity index (χ3v) is 11.5. The largest absolute Gasteiger partial charge is 0.494 e. The molecular weight excluding hydrogens is 408 g/mol. The number of benzene rings is 1. The molecule has 0 aliphatic carbocycles. The first-order chi connectivity index (χ1) is 14.7. The predicted molar refractivity (Wildman–Crippen MR) is 144 cm³/mol. The topological polar surface area (TPSA) is 18.5 Å². The van der Waals surface area contributed by atoms with Crippen LogP contribution in [0, 0.1) is 0 Å². The van der Waals surface area contributed by atoms with Crippen LogP contribution in [0.25, 0.3) is 0 Å². The minimum Gasteiger partial charge on any atom is -0.494 e. The molecule has 0 heterocycles. The van der Waals surface area contributed by atoms with Crippen molar-refractivity contribution < 1.29 is 9.16 Å². The number of hydrogen-bond acceptors (Lipinski definition) is 2. The quantitative estimate of drug-likeness (QED) is 0.175. The van der Waals surface area contributed by atoms with Crippen LogP contribution >= 0.6 is 0 Å². The smallest absolute Gasteiger partial charge is 0.191 e. The van der Waals surface area contributed by atoms with E-state index in [0.717, 1.165) is 25.9 Å². The number of ether oxygens (including phenoxy) is 1. The molecule has 184 valence electrons. The minimum atomic E-state index is -1.62. The summed E-state index contributed by atoms with van der Waals surface area (Å²) in [7, 11) is -1.62. The van der Waals surface area contributed by atoms with E-state index in [4.69, 9.17) is 9.16 Å². The summed E-state index contributed by atoms with van der Waals surface area (Å²) in [5, 5.41) is 0.286. The zero-order valence-electron chi connectivity index (χ0n) is 23.3. The van der Waals surface area contributed by atoms with E-state index in [1.54, 1.807) is 0 Å². The van der Waals surface area contributed by atoms with E-state index in [2.05, 4.69) is 101 Å². The van der Waals surface area contributed by atoms with E-state index in [1.807, 2.05) is 6.26 Å². The Labute approximate surface area is 201 Å². The van der Waals surface area contributed by atoms with Crippen molar-refractivity contribution >= 4 is 8.32 Å². The molecule has 0 bridgehead atoms. The van der Waals surface area contributed by atoms with Gasteiger partial charge in [-0.25, -0.2) is 0 Å².